The number of rotatable bonds is 15. The Morgan fingerprint density at radius 1 is 0.935 bits per heavy atom. The third-order valence-electron chi connectivity index (χ3n) is 7.74. The monoisotopic (exact) mass is 687 g/mol. The van der Waals surface area contributed by atoms with Crippen molar-refractivity contribution in [2.45, 2.75) is 30.9 Å². The fourth-order valence-electron chi connectivity index (χ4n) is 5.27. The second-order valence-corrected chi connectivity index (χ2v) is 11.7. The molecule has 1 aliphatic rings. The minimum absolute atomic E-state index is 0.0619. The number of carbonyl (C=O) groups is 1. The molecular weight excluding hydrogens is 650 g/mol. The van der Waals surface area contributed by atoms with Gasteiger partial charge in [-0.15, -0.1) is 0 Å². The molecule has 0 spiro atoms. The van der Waals surface area contributed by atoms with Gasteiger partial charge in [0.1, 0.15) is 17.2 Å². The molecule has 5 rings (SSSR count). The van der Waals surface area contributed by atoms with Gasteiger partial charge in [0.25, 0.3) is 5.91 Å². The Bertz CT molecular complexity index is 1630. The zero-order valence-corrected chi connectivity index (χ0v) is 27.5. The summed E-state index contributed by atoms with van der Waals surface area (Å²) < 4.78 is 24.0. The van der Waals surface area contributed by atoms with Gasteiger partial charge in [0, 0.05) is 36.0 Å². The van der Waals surface area contributed by atoms with Crippen LogP contribution in [0, 0.1) is 0 Å². The van der Waals surface area contributed by atoms with Gasteiger partial charge in [-0.25, -0.2) is 10.4 Å². The van der Waals surface area contributed by atoms with E-state index in [4.69, 9.17) is 29.0 Å². The first-order valence-electron chi connectivity index (χ1n) is 15.1. The Kier molecular flexibility index (Phi) is 11.3. The smallest absolute Gasteiger partial charge is 0.266 e. The lowest BCUT2D eigenvalue weighted by Gasteiger charge is -2.31. The van der Waals surface area contributed by atoms with Crippen LogP contribution in [0.15, 0.2) is 107 Å². The molecule has 1 amide bonds. The Balaban J connectivity index is 1.48. The number of nitrogens with one attached hydrogen (secondary N) is 2. The number of methoxy groups -OCH3 is 2. The maximum Gasteiger partial charge on any atom is 0.266 e. The van der Waals surface area contributed by atoms with Crippen molar-refractivity contribution in [3.63, 3.8) is 0 Å². The third kappa shape index (κ3) is 7.88. The summed E-state index contributed by atoms with van der Waals surface area (Å²) in [5.41, 5.74) is 8.16. The highest BCUT2D eigenvalue weighted by atomic mass is 79.9. The van der Waals surface area contributed by atoms with Gasteiger partial charge < -0.3 is 24.1 Å². The van der Waals surface area contributed by atoms with E-state index >= 15 is 0 Å². The van der Waals surface area contributed by atoms with Crippen LogP contribution < -0.4 is 25.1 Å². The summed E-state index contributed by atoms with van der Waals surface area (Å²) in [4.78, 5) is 19.5. The van der Waals surface area contributed by atoms with Crippen molar-refractivity contribution < 1.29 is 28.8 Å². The van der Waals surface area contributed by atoms with Crippen LogP contribution in [0.5, 0.6) is 17.2 Å². The number of ether oxygens (including phenoxy) is 4. The number of hydrogen-bond acceptors (Lipinski definition) is 8. The number of carbonyl (C=O) groups excluding carboxylic acids is 1. The number of hydrazine groups is 1. The van der Waals surface area contributed by atoms with Crippen molar-refractivity contribution in [3.8, 4) is 17.2 Å². The first-order valence-corrected chi connectivity index (χ1v) is 15.9. The van der Waals surface area contributed by atoms with E-state index in [2.05, 4.69) is 26.8 Å². The molecule has 240 valence electrons. The van der Waals surface area contributed by atoms with Crippen LogP contribution in [0.1, 0.15) is 34.8 Å². The maximum atomic E-state index is 14.4. The van der Waals surface area contributed by atoms with Crippen molar-refractivity contribution in [2.24, 2.45) is 4.99 Å². The molecule has 4 aromatic rings. The molecule has 0 unspecified atom stereocenters. The Morgan fingerprint density at radius 3 is 2.39 bits per heavy atom. The molecule has 3 N–H and O–H groups in total. The molecule has 2 atom stereocenters. The van der Waals surface area contributed by atoms with E-state index in [1.807, 2.05) is 97.1 Å². The van der Waals surface area contributed by atoms with Crippen LogP contribution in [0.2, 0.25) is 0 Å². The standard InChI is InChI=1S/C36H38BrN3O6/c1-43-29-15-11-25(12-16-29)19-20-38-40-35(42)36(24-28-7-3-4-10-32(28)37)33(27-8-5-9-31(23-27)44-2)46-34(39-36)26-13-17-30(18-14-26)45-22-6-21-41/h3-5,7-18,23,33,38,41H,6,19-22,24H2,1-2H3,(H,40,42)/t33-,36-/m0/s1. The Hall–Kier alpha value is -4.38. The van der Waals surface area contributed by atoms with E-state index in [9.17, 15) is 4.79 Å². The maximum absolute atomic E-state index is 14.4. The molecule has 46 heavy (non-hydrogen) atoms. The van der Waals surface area contributed by atoms with E-state index in [1.54, 1.807) is 14.2 Å². The minimum Gasteiger partial charge on any atom is -0.497 e. The van der Waals surface area contributed by atoms with Gasteiger partial charge in [-0.05, 0) is 77.7 Å². The molecule has 0 saturated heterocycles. The first kappa shape index (κ1) is 33.0. The predicted molar refractivity (Wildman–Crippen MR) is 180 cm³/mol. The lowest BCUT2D eigenvalue weighted by Crippen LogP contribution is -2.54. The molecule has 0 fully saturated rings. The van der Waals surface area contributed by atoms with Crippen LogP contribution in [0.4, 0.5) is 0 Å². The highest BCUT2D eigenvalue weighted by Gasteiger charge is 2.53. The van der Waals surface area contributed by atoms with E-state index in [0.717, 1.165) is 26.9 Å². The average molecular weight is 689 g/mol. The van der Waals surface area contributed by atoms with Crippen molar-refractivity contribution in [2.75, 3.05) is 34.0 Å². The van der Waals surface area contributed by atoms with E-state index in [0.29, 0.717) is 49.0 Å². The number of aliphatic hydroxyl groups is 1. The summed E-state index contributed by atoms with van der Waals surface area (Å²) in [7, 11) is 3.24. The molecule has 1 heterocycles. The summed E-state index contributed by atoms with van der Waals surface area (Å²) in [6.07, 6.45) is 0.724. The summed E-state index contributed by atoms with van der Waals surface area (Å²) in [5, 5.41) is 9.07. The van der Waals surface area contributed by atoms with Crippen molar-refractivity contribution in [3.05, 3.63) is 124 Å². The van der Waals surface area contributed by atoms with E-state index < -0.39 is 11.6 Å². The molecule has 9 nitrogen and oxygen atoms in total. The van der Waals surface area contributed by atoms with Crippen LogP contribution in [0.3, 0.4) is 0 Å². The van der Waals surface area contributed by atoms with Crippen molar-refractivity contribution >= 4 is 27.7 Å². The van der Waals surface area contributed by atoms with Gasteiger partial charge in [0.2, 0.25) is 5.90 Å². The van der Waals surface area contributed by atoms with Gasteiger partial charge in [-0.3, -0.25) is 10.2 Å². The highest BCUT2D eigenvalue weighted by Crippen LogP contribution is 2.44. The van der Waals surface area contributed by atoms with Crippen molar-refractivity contribution in [1.29, 1.82) is 0 Å². The minimum atomic E-state index is -1.38. The first-order chi connectivity index (χ1) is 22.5. The summed E-state index contributed by atoms with van der Waals surface area (Å²) in [6.45, 7) is 0.973. The average Bonchev–Trinajstić information content (AvgIpc) is 3.49. The van der Waals surface area contributed by atoms with E-state index in [-0.39, 0.29) is 18.9 Å². The molecule has 0 saturated carbocycles. The van der Waals surface area contributed by atoms with Crippen molar-refractivity contribution in [1.82, 2.24) is 10.9 Å². The Labute approximate surface area is 277 Å². The SMILES string of the molecule is COc1ccc(CCNNC(=O)[C@@]2(Cc3ccccc3Br)N=C(c3ccc(OCCCO)cc3)O[C@H]2c2cccc(OC)c2)cc1. The van der Waals surface area contributed by atoms with E-state index in [1.165, 1.54) is 0 Å². The zero-order chi connectivity index (χ0) is 32.4. The molecule has 0 aliphatic carbocycles. The summed E-state index contributed by atoms with van der Waals surface area (Å²) in [5.74, 6) is 2.12. The van der Waals surface area contributed by atoms with Gasteiger partial charge in [-0.2, -0.15) is 0 Å². The second-order valence-electron chi connectivity index (χ2n) is 10.8. The fourth-order valence-corrected chi connectivity index (χ4v) is 5.69. The lowest BCUT2D eigenvalue weighted by molar-refractivity contribution is -0.130. The van der Waals surface area contributed by atoms with Crippen LogP contribution >= 0.6 is 15.9 Å². The number of halogens is 1. The number of hydrogen-bond donors (Lipinski definition) is 3. The Morgan fingerprint density at radius 2 is 1.67 bits per heavy atom. The second kappa shape index (κ2) is 15.8. The topological polar surface area (TPSA) is 111 Å². The molecule has 0 aromatic heterocycles. The molecule has 4 aromatic carbocycles. The van der Waals surface area contributed by atoms with Crippen LogP contribution in [0.25, 0.3) is 0 Å². The van der Waals surface area contributed by atoms with Gasteiger partial charge in [0.15, 0.2) is 11.6 Å². The fraction of sp³-hybridized carbons (Fsp3) is 0.278. The molecule has 1 aliphatic heterocycles. The normalized spacial score (nSPS) is 17.1. The lowest BCUT2D eigenvalue weighted by atomic mass is 9.82. The molecule has 0 radical (unpaired) electrons. The summed E-state index contributed by atoms with van der Waals surface area (Å²) >= 11 is 3.67. The van der Waals surface area contributed by atoms with Gasteiger partial charge >= 0.3 is 0 Å². The number of aliphatic hydroxyl groups excluding tert-OH is 1. The number of amides is 1. The third-order valence-corrected chi connectivity index (χ3v) is 8.52. The predicted octanol–water partition coefficient (Wildman–Crippen LogP) is 5.59. The van der Waals surface area contributed by atoms with Gasteiger partial charge in [-0.1, -0.05) is 58.4 Å². The molecule has 10 heteroatoms. The van der Waals surface area contributed by atoms with Crippen LogP contribution in [-0.2, 0) is 22.4 Å². The van der Waals surface area contributed by atoms with Crippen LogP contribution in [-0.4, -0.2) is 56.4 Å². The largest absolute Gasteiger partial charge is 0.497 e. The quantitative estimate of drug-likeness (QED) is 0.110. The number of benzene rings is 4. The highest BCUT2D eigenvalue weighted by molar-refractivity contribution is 9.10. The van der Waals surface area contributed by atoms with Gasteiger partial charge in [0.05, 0.1) is 20.8 Å². The number of nitrogens with zero attached hydrogens (tertiary/aromatic N) is 1. The summed E-state index contributed by atoms with van der Waals surface area (Å²) in [6, 6.07) is 30.5. The number of aliphatic imine (C=N–C) groups is 1. The zero-order valence-electron chi connectivity index (χ0n) is 25.9. The molecule has 0 bridgehead atoms. The molecular formula is C36H38BrN3O6.